The molecule has 0 saturated carbocycles. The van der Waals surface area contributed by atoms with E-state index in [1.165, 1.54) is 13.2 Å². The number of carbonyl (C=O) groups is 2. The minimum Gasteiger partial charge on any atom is -0.491 e. The second-order valence-electron chi connectivity index (χ2n) is 11.8. The van der Waals surface area contributed by atoms with Gasteiger partial charge < -0.3 is 18.8 Å². The highest BCUT2D eigenvalue weighted by molar-refractivity contribution is 5.97. The second kappa shape index (κ2) is 13.4. The molecule has 3 aromatic rings. The molecule has 0 N–H and O–H groups in total. The number of pyridine rings is 1. The maximum absolute atomic E-state index is 12.9. The van der Waals surface area contributed by atoms with Gasteiger partial charge in [0.1, 0.15) is 16.8 Å². The zero-order chi connectivity index (χ0) is 29.6. The standard InChI is InChI=1S/C32H43N3O6/c1-6-7-17-41-28(37)16-11-9-8-10-12-18-40-26-15-13-14-22-29(26)33-35-21-27(32(2,3)4)34-20-23(31(38)39-5)25(36)19-24(34)30(22)35/h13-15,19-20,27H,6-12,16-18,21H2,1-5H3/t27-/m0/s1. The van der Waals surface area contributed by atoms with Gasteiger partial charge >= 0.3 is 11.9 Å². The van der Waals surface area contributed by atoms with Crippen LogP contribution in [0.15, 0.2) is 35.3 Å². The lowest BCUT2D eigenvalue weighted by Crippen LogP contribution is -2.35. The number of fused-ring (bicyclic) bond motifs is 5. The molecule has 0 fully saturated rings. The molecule has 0 radical (unpaired) electrons. The maximum Gasteiger partial charge on any atom is 0.343 e. The number of hydrogen-bond donors (Lipinski definition) is 0. The van der Waals surface area contributed by atoms with Crippen molar-refractivity contribution in [3.8, 4) is 17.1 Å². The van der Waals surface area contributed by atoms with Gasteiger partial charge in [0.05, 0.1) is 44.3 Å². The molecule has 0 amide bonds. The number of rotatable bonds is 13. The average molecular weight is 566 g/mol. The Bertz CT molecular complexity index is 1430. The molecule has 41 heavy (non-hydrogen) atoms. The SMILES string of the molecule is CCCCOC(=O)CCCCCCCOc1cccc2c3n(nc12)C[C@@H](C(C)(C)C)n1cc(C(=O)OC)c(=O)cc1-3. The van der Waals surface area contributed by atoms with Crippen LogP contribution in [0.1, 0.15) is 95.5 Å². The van der Waals surface area contributed by atoms with Gasteiger partial charge in [0.2, 0.25) is 0 Å². The number of aromatic nitrogens is 3. The number of nitrogens with zero attached hydrogens (tertiary/aromatic N) is 3. The summed E-state index contributed by atoms with van der Waals surface area (Å²) in [5, 5.41) is 5.85. The Kier molecular flexibility index (Phi) is 9.89. The van der Waals surface area contributed by atoms with Gasteiger partial charge in [-0.1, -0.05) is 65.5 Å². The van der Waals surface area contributed by atoms with Gasteiger partial charge in [0.25, 0.3) is 0 Å². The number of esters is 2. The van der Waals surface area contributed by atoms with Crippen LogP contribution in [-0.4, -0.2) is 46.6 Å². The third-order valence-electron chi connectivity index (χ3n) is 7.69. The van der Waals surface area contributed by atoms with Gasteiger partial charge in [-0.15, -0.1) is 0 Å². The molecule has 9 heteroatoms. The molecule has 0 bridgehead atoms. The van der Waals surface area contributed by atoms with Crippen LogP contribution in [0.4, 0.5) is 0 Å². The van der Waals surface area contributed by atoms with E-state index in [0.717, 1.165) is 67.2 Å². The molecule has 3 heterocycles. The molecule has 0 saturated heterocycles. The van der Waals surface area contributed by atoms with E-state index in [0.29, 0.717) is 31.9 Å². The van der Waals surface area contributed by atoms with E-state index >= 15 is 0 Å². The Morgan fingerprint density at radius 3 is 2.54 bits per heavy atom. The fraction of sp³-hybridized carbons (Fsp3) is 0.562. The normalized spacial score (nSPS) is 14.4. The number of hydrogen-bond acceptors (Lipinski definition) is 7. The van der Waals surface area contributed by atoms with Gasteiger partial charge in [-0.3, -0.25) is 14.3 Å². The lowest BCUT2D eigenvalue weighted by Gasteiger charge is -2.38. The number of methoxy groups -OCH3 is 1. The van der Waals surface area contributed by atoms with Crippen LogP contribution in [0.5, 0.6) is 5.75 Å². The van der Waals surface area contributed by atoms with Crippen molar-refractivity contribution >= 4 is 22.8 Å². The monoisotopic (exact) mass is 565 g/mol. The highest BCUT2D eigenvalue weighted by atomic mass is 16.5. The summed E-state index contributed by atoms with van der Waals surface area (Å²) < 4.78 is 20.3. The van der Waals surface area contributed by atoms with Crippen molar-refractivity contribution in [2.45, 2.75) is 91.6 Å². The Hall–Kier alpha value is -3.62. The maximum atomic E-state index is 12.9. The van der Waals surface area contributed by atoms with Gasteiger partial charge in [-0.2, -0.15) is 5.10 Å². The van der Waals surface area contributed by atoms with Gasteiger partial charge in [-0.25, -0.2) is 4.79 Å². The summed E-state index contributed by atoms with van der Waals surface area (Å²) in [6, 6.07) is 7.36. The van der Waals surface area contributed by atoms with E-state index in [1.54, 1.807) is 6.20 Å². The van der Waals surface area contributed by atoms with E-state index in [4.69, 9.17) is 19.3 Å². The summed E-state index contributed by atoms with van der Waals surface area (Å²) in [6.07, 6.45) is 8.90. The first-order valence-corrected chi connectivity index (χ1v) is 14.8. The van der Waals surface area contributed by atoms with Gasteiger partial charge in [-0.05, 0) is 30.7 Å². The van der Waals surface area contributed by atoms with Crippen molar-refractivity contribution in [3.05, 3.63) is 46.2 Å². The van der Waals surface area contributed by atoms with Crippen molar-refractivity contribution in [3.63, 3.8) is 0 Å². The second-order valence-corrected chi connectivity index (χ2v) is 11.8. The minimum atomic E-state index is -0.637. The average Bonchev–Trinajstić information content (AvgIpc) is 3.32. The van der Waals surface area contributed by atoms with E-state index in [9.17, 15) is 14.4 Å². The Morgan fingerprint density at radius 1 is 1.05 bits per heavy atom. The molecule has 4 rings (SSSR count). The molecule has 1 aromatic carbocycles. The lowest BCUT2D eigenvalue weighted by molar-refractivity contribution is -0.143. The topological polar surface area (TPSA) is 102 Å². The van der Waals surface area contributed by atoms with Crippen molar-refractivity contribution in [2.24, 2.45) is 5.41 Å². The summed E-state index contributed by atoms with van der Waals surface area (Å²) >= 11 is 0. The molecule has 1 aliphatic heterocycles. The Balaban J connectivity index is 1.44. The quantitative estimate of drug-likeness (QED) is 0.177. The highest BCUT2D eigenvalue weighted by Crippen LogP contribution is 2.43. The highest BCUT2D eigenvalue weighted by Gasteiger charge is 2.35. The predicted molar refractivity (Wildman–Crippen MR) is 158 cm³/mol. The molecule has 0 unspecified atom stereocenters. The van der Waals surface area contributed by atoms with Crippen LogP contribution in [-0.2, 0) is 20.8 Å². The van der Waals surface area contributed by atoms with Crippen LogP contribution in [0, 0.1) is 5.41 Å². The van der Waals surface area contributed by atoms with Crippen molar-refractivity contribution < 1.29 is 23.8 Å². The Morgan fingerprint density at radius 2 is 1.80 bits per heavy atom. The summed E-state index contributed by atoms with van der Waals surface area (Å²) in [6.45, 7) is 10.2. The van der Waals surface area contributed by atoms with Crippen LogP contribution in [0.25, 0.3) is 22.3 Å². The fourth-order valence-electron chi connectivity index (χ4n) is 5.33. The third kappa shape index (κ3) is 7.00. The van der Waals surface area contributed by atoms with Crippen LogP contribution < -0.4 is 10.2 Å². The number of unbranched alkanes of at least 4 members (excludes halogenated alkanes) is 5. The lowest BCUT2D eigenvalue weighted by atomic mass is 9.85. The minimum absolute atomic E-state index is 0.0266. The number of carbonyl (C=O) groups excluding carboxylic acids is 2. The molecule has 2 aromatic heterocycles. The third-order valence-corrected chi connectivity index (χ3v) is 7.69. The fourth-order valence-corrected chi connectivity index (χ4v) is 5.33. The molecule has 1 aliphatic rings. The summed E-state index contributed by atoms with van der Waals surface area (Å²) in [5.41, 5.74) is 1.81. The van der Waals surface area contributed by atoms with Crippen LogP contribution in [0.3, 0.4) is 0 Å². The Labute approximate surface area is 241 Å². The van der Waals surface area contributed by atoms with Gasteiger partial charge in [0, 0.05) is 24.1 Å². The van der Waals surface area contributed by atoms with Crippen molar-refractivity contribution in [1.82, 2.24) is 14.3 Å². The largest absolute Gasteiger partial charge is 0.491 e. The van der Waals surface area contributed by atoms with Crippen LogP contribution >= 0.6 is 0 Å². The molecule has 9 nitrogen and oxygen atoms in total. The first-order chi connectivity index (χ1) is 19.7. The first kappa shape index (κ1) is 30.3. The summed E-state index contributed by atoms with van der Waals surface area (Å²) in [4.78, 5) is 37.0. The number of benzene rings is 1. The van der Waals surface area contributed by atoms with E-state index in [-0.39, 0.29) is 28.4 Å². The van der Waals surface area contributed by atoms with Crippen LogP contribution in [0.2, 0.25) is 0 Å². The molecule has 0 spiro atoms. The molecular formula is C32H43N3O6. The molecule has 1 atom stereocenters. The van der Waals surface area contributed by atoms with Gasteiger partial charge in [0.15, 0.2) is 5.43 Å². The summed E-state index contributed by atoms with van der Waals surface area (Å²) in [7, 11) is 1.28. The zero-order valence-electron chi connectivity index (χ0n) is 25.0. The van der Waals surface area contributed by atoms with E-state index < -0.39 is 5.97 Å². The molecule has 0 aliphatic carbocycles. The zero-order valence-corrected chi connectivity index (χ0v) is 25.0. The summed E-state index contributed by atoms with van der Waals surface area (Å²) in [5.74, 6) is -0.0167. The van der Waals surface area contributed by atoms with Crippen molar-refractivity contribution in [1.29, 1.82) is 0 Å². The molecule has 222 valence electrons. The number of ether oxygens (including phenoxy) is 3. The van der Waals surface area contributed by atoms with E-state index in [1.807, 2.05) is 27.4 Å². The smallest absolute Gasteiger partial charge is 0.343 e. The van der Waals surface area contributed by atoms with Crippen molar-refractivity contribution in [2.75, 3.05) is 20.3 Å². The first-order valence-electron chi connectivity index (χ1n) is 14.8. The van der Waals surface area contributed by atoms with E-state index in [2.05, 4.69) is 27.7 Å². The predicted octanol–water partition coefficient (Wildman–Crippen LogP) is 6.32. The molecular weight excluding hydrogens is 522 g/mol.